The normalized spacial score (nSPS) is 19.3. The number of nitrogens with zero attached hydrogens (tertiary/aromatic N) is 5. The van der Waals surface area contributed by atoms with E-state index in [-0.39, 0.29) is 11.8 Å². The van der Waals surface area contributed by atoms with Gasteiger partial charge in [-0.1, -0.05) is 18.2 Å². The number of morpholine rings is 2. The van der Waals surface area contributed by atoms with Gasteiger partial charge in [-0.25, -0.2) is 4.98 Å². The van der Waals surface area contributed by atoms with Crippen LogP contribution in [0.5, 0.6) is 0 Å². The fraction of sp³-hybridized carbons (Fsp3) is 0.391. The van der Waals surface area contributed by atoms with Crippen molar-refractivity contribution >= 4 is 22.7 Å². The first-order chi connectivity index (χ1) is 15.6. The van der Waals surface area contributed by atoms with Crippen LogP contribution in [-0.4, -0.2) is 82.4 Å². The number of hydrogen-bond acceptors (Lipinski definition) is 6. The van der Waals surface area contributed by atoms with Crippen LogP contribution in [0.15, 0.2) is 42.6 Å². The number of fused-ring (bicyclic) bond motifs is 1. The van der Waals surface area contributed by atoms with Crippen LogP contribution in [0.3, 0.4) is 0 Å². The lowest BCUT2D eigenvalue weighted by Gasteiger charge is -2.33. The van der Waals surface area contributed by atoms with E-state index in [0.717, 1.165) is 10.9 Å². The summed E-state index contributed by atoms with van der Waals surface area (Å²) in [7, 11) is 1.75. The molecule has 32 heavy (non-hydrogen) atoms. The van der Waals surface area contributed by atoms with Gasteiger partial charge < -0.3 is 19.3 Å². The van der Waals surface area contributed by atoms with Gasteiger partial charge in [-0.2, -0.15) is 5.10 Å². The van der Waals surface area contributed by atoms with Gasteiger partial charge >= 0.3 is 0 Å². The van der Waals surface area contributed by atoms with Gasteiger partial charge in [-0.15, -0.1) is 0 Å². The quantitative estimate of drug-likeness (QED) is 0.622. The van der Waals surface area contributed by atoms with Gasteiger partial charge in [0.25, 0.3) is 11.8 Å². The summed E-state index contributed by atoms with van der Waals surface area (Å²) >= 11 is 0. The van der Waals surface area contributed by atoms with Gasteiger partial charge in [0, 0.05) is 38.3 Å². The maximum atomic E-state index is 13.3. The van der Waals surface area contributed by atoms with E-state index in [1.54, 1.807) is 28.9 Å². The third kappa shape index (κ3) is 3.85. The molecule has 0 bridgehead atoms. The zero-order chi connectivity index (χ0) is 22.1. The lowest BCUT2D eigenvalue weighted by atomic mass is 10.0. The number of amides is 2. The van der Waals surface area contributed by atoms with E-state index in [4.69, 9.17) is 14.5 Å². The average Bonchev–Trinajstić information content (AvgIpc) is 3.28. The highest BCUT2D eigenvalue weighted by molar-refractivity contribution is 6.06. The summed E-state index contributed by atoms with van der Waals surface area (Å²) in [5, 5.41) is 4.91. The van der Waals surface area contributed by atoms with Gasteiger partial charge in [0.2, 0.25) is 0 Å². The first kappa shape index (κ1) is 20.6. The van der Waals surface area contributed by atoms with Crippen LogP contribution in [0.4, 0.5) is 0 Å². The van der Waals surface area contributed by atoms with Gasteiger partial charge in [0.05, 0.1) is 43.1 Å². The largest absolute Gasteiger partial charge is 0.378 e. The number of benzene rings is 1. The number of para-hydroxylation sites is 1. The van der Waals surface area contributed by atoms with E-state index in [9.17, 15) is 9.59 Å². The smallest absolute Gasteiger partial charge is 0.272 e. The van der Waals surface area contributed by atoms with Crippen LogP contribution >= 0.6 is 0 Å². The van der Waals surface area contributed by atoms with Crippen LogP contribution < -0.4 is 0 Å². The summed E-state index contributed by atoms with van der Waals surface area (Å²) in [6, 6.07) is 11.2. The Balaban J connectivity index is 1.46. The van der Waals surface area contributed by atoms with E-state index in [1.807, 2.05) is 35.2 Å². The minimum Gasteiger partial charge on any atom is -0.378 e. The number of ether oxygens (including phenoxy) is 2. The highest BCUT2D eigenvalue weighted by atomic mass is 16.5. The van der Waals surface area contributed by atoms with Gasteiger partial charge in [0.1, 0.15) is 11.8 Å². The molecule has 1 aromatic carbocycles. The summed E-state index contributed by atoms with van der Waals surface area (Å²) in [5.74, 6) is -0.129. The number of aromatic nitrogens is 3. The summed E-state index contributed by atoms with van der Waals surface area (Å²) < 4.78 is 13.0. The van der Waals surface area contributed by atoms with Gasteiger partial charge in [-0.3, -0.25) is 14.3 Å². The third-order valence-electron chi connectivity index (χ3n) is 5.99. The van der Waals surface area contributed by atoms with Crippen LogP contribution in [-0.2, 0) is 16.5 Å². The molecule has 2 aliphatic rings. The molecule has 2 aromatic heterocycles. The molecule has 0 radical (unpaired) electrons. The molecule has 9 nitrogen and oxygen atoms in total. The van der Waals surface area contributed by atoms with Crippen molar-refractivity contribution in [2.45, 2.75) is 6.10 Å². The fourth-order valence-electron chi connectivity index (χ4n) is 4.23. The minimum atomic E-state index is -0.415. The SMILES string of the molecule is Cn1nccc1C(=O)N1CCO[C@H](c2cc(C(=O)N3CCOCC3)c3ccccc3n2)C1. The topological polar surface area (TPSA) is 89.8 Å². The zero-order valence-electron chi connectivity index (χ0n) is 17.9. The molecule has 2 aliphatic heterocycles. The van der Waals surface area contributed by atoms with E-state index >= 15 is 0 Å². The molecule has 0 saturated carbocycles. The Morgan fingerprint density at radius 2 is 1.78 bits per heavy atom. The molecule has 2 amide bonds. The highest BCUT2D eigenvalue weighted by Crippen LogP contribution is 2.27. The Kier molecular flexibility index (Phi) is 5.59. The molecule has 0 N–H and O–H groups in total. The standard InChI is InChI=1S/C23H25N5O4/c1-26-20(6-7-24-26)23(30)28-10-13-32-21(15-28)19-14-17(16-4-2-3-5-18(16)25-19)22(29)27-8-11-31-12-9-27/h2-7,14,21H,8-13,15H2,1H3/t21-/m0/s1. The number of rotatable bonds is 3. The van der Waals surface area contributed by atoms with E-state index in [0.29, 0.717) is 63.0 Å². The zero-order valence-corrected chi connectivity index (χ0v) is 17.9. The number of carbonyl (C=O) groups is 2. The van der Waals surface area contributed by atoms with Crippen molar-refractivity contribution in [1.29, 1.82) is 0 Å². The van der Waals surface area contributed by atoms with Crippen LogP contribution in [0.2, 0.25) is 0 Å². The average molecular weight is 435 g/mol. The van der Waals surface area contributed by atoms with Crippen LogP contribution in [0.1, 0.15) is 32.6 Å². The Morgan fingerprint density at radius 1 is 1.00 bits per heavy atom. The Labute approximate surface area is 185 Å². The summed E-state index contributed by atoms with van der Waals surface area (Å²) in [6.07, 6.45) is 1.20. The molecule has 9 heteroatoms. The molecule has 4 heterocycles. The molecule has 0 spiro atoms. The second-order valence-corrected chi connectivity index (χ2v) is 7.97. The molecule has 2 fully saturated rings. The summed E-state index contributed by atoms with van der Waals surface area (Å²) in [6.45, 7) is 3.47. The lowest BCUT2D eigenvalue weighted by Crippen LogP contribution is -2.43. The van der Waals surface area contributed by atoms with Crippen LogP contribution in [0, 0.1) is 0 Å². The molecule has 2 saturated heterocycles. The predicted octanol–water partition coefficient (Wildman–Crippen LogP) is 1.65. The molecular weight excluding hydrogens is 410 g/mol. The molecular formula is C23H25N5O4. The molecule has 0 aliphatic carbocycles. The Bertz CT molecular complexity index is 1150. The monoisotopic (exact) mass is 435 g/mol. The minimum absolute atomic E-state index is 0.0354. The van der Waals surface area contributed by atoms with Crippen molar-refractivity contribution in [2.24, 2.45) is 7.05 Å². The molecule has 5 rings (SSSR count). The van der Waals surface area contributed by atoms with Crippen molar-refractivity contribution in [1.82, 2.24) is 24.6 Å². The predicted molar refractivity (Wildman–Crippen MR) is 116 cm³/mol. The number of hydrogen-bond donors (Lipinski definition) is 0. The second kappa shape index (κ2) is 8.68. The van der Waals surface area contributed by atoms with E-state index in [1.165, 1.54) is 0 Å². The third-order valence-corrected chi connectivity index (χ3v) is 5.99. The van der Waals surface area contributed by atoms with Crippen molar-refractivity contribution in [2.75, 3.05) is 46.0 Å². The maximum absolute atomic E-state index is 13.3. The number of aryl methyl sites for hydroxylation is 1. The molecule has 1 atom stereocenters. The molecule has 166 valence electrons. The van der Waals surface area contributed by atoms with Crippen molar-refractivity contribution < 1.29 is 19.1 Å². The molecule has 0 unspecified atom stereocenters. The lowest BCUT2D eigenvalue weighted by molar-refractivity contribution is -0.0249. The van der Waals surface area contributed by atoms with Crippen LogP contribution in [0.25, 0.3) is 10.9 Å². The van der Waals surface area contributed by atoms with E-state index < -0.39 is 6.10 Å². The maximum Gasteiger partial charge on any atom is 0.272 e. The second-order valence-electron chi connectivity index (χ2n) is 7.97. The van der Waals surface area contributed by atoms with Crippen molar-refractivity contribution in [3.63, 3.8) is 0 Å². The van der Waals surface area contributed by atoms with Gasteiger partial charge in [-0.05, 0) is 18.2 Å². The Morgan fingerprint density at radius 3 is 2.56 bits per heavy atom. The van der Waals surface area contributed by atoms with Gasteiger partial charge in [0.15, 0.2) is 0 Å². The van der Waals surface area contributed by atoms with Crippen molar-refractivity contribution in [3.05, 3.63) is 59.5 Å². The first-order valence-electron chi connectivity index (χ1n) is 10.8. The fourth-order valence-corrected chi connectivity index (χ4v) is 4.23. The summed E-state index contributed by atoms with van der Waals surface area (Å²) in [4.78, 5) is 34.7. The summed E-state index contributed by atoms with van der Waals surface area (Å²) in [5.41, 5.74) is 2.52. The molecule has 3 aromatic rings. The first-order valence-corrected chi connectivity index (χ1v) is 10.8. The van der Waals surface area contributed by atoms with E-state index in [2.05, 4.69) is 5.10 Å². The highest BCUT2D eigenvalue weighted by Gasteiger charge is 2.30. The number of carbonyl (C=O) groups excluding carboxylic acids is 2. The number of pyridine rings is 1. The Hall–Kier alpha value is -3.30. The van der Waals surface area contributed by atoms with Crippen molar-refractivity contribution in [3.8, 4) is 0 Å².